The van der Waals surface area contributed by atoms with Crippen LogP contribution in [0.5, 0.6) is 0 Å². The highest BCUT2D eigenvalue weighted by molar-refractivity contribution is 5.76. The van der Waals surface area contributed by atoms with Gasteiger partial charge in [0, 0.05) is 0 Å². The molecule has 0 aliphatic heterocycles. The fraction of sp³-hybridized carbons (Fsp3) is 0.474. The van der Waals surface area contributed by atoms with E-state index in [4.69, 9.17) is 9.84 Å². The summed E-state index contributed by atoms with van der Waals surface area (Å²) in [7, 11) is 0. The molecule has 2 rings (SSSR count). The van der Waals surface area contributed by atoms with E-state index in [2.05, 4.69) is 19.9 Å². The summed E-state index contributed by atoms with van der Waals surface area (Å²) in [5.41, 5.74) is 5.20. The summed E-state index contributed by atoms with van der Waals surface area (Å²) in [5, 5.41) is 8.80. The molecule has 2 heterocycles. The molecule has 0 saturated carbocycles. The molecule has 144 valence electrons. The van der Waals surface area contributed by atoms with Crippen molar-refractivity contribution in [3.63, 3.8) is 0 Å². The van der Waals surface area contributed by atoms with Crippen LogP contribution >= 0.6 is 0 Å². The molecule has 0 spiro atoms. The molecule has 0 fully saturated rings. The van der Waals surface area contributed by atoms with E-state index in [1.807, 2.05) is 27.7 Å². The van der Waals surface area contributed by atoms with Crippen molar-refractivity contribution < 1.29 is 19.4 Å². The van der Waals surface area contributed by atoms with Gasteiger partial charge in [0.2, 0.25) is 0 Å². The number of rotatable bonds is 6. The van der Waals surface area contributed by atoms with E-state index in [1.165, 1.54) is 0 Å². The maximum absolute atomic E-state index is 12.2. The Morgan fingerprint density at radius 3 is 1.56 bits per heavy atom. The smallest absolute Gasteiger partial charge is 0.307 e. The van der Waals surface area contributed by atoms with Crippen molar-refractivity contribution in [2.75, 3.05) is 0 Å². The van der Waals surface area contributed by atoms with Gasteiger partial charge in [0.05, 0.1) is 47.0 Å². The van der Waals surface area contributed by atoms with Gasteiger partial charge in [-0.25, -0.2) is 9.97 Å². The Kier molecular flexibility index (Phi) is 6.20. The first-order valence-electron chi connectivity index (χ1n) is 8.64. The van der Waals surface area contributed by atoms with Crippen LogP contribution in [0.2, 0.25) is 0 Å². The first kappa shape index (κ1) is 20.4. The van der Waals surface area contributed by atoms with Gasteiger partial charge >= 0.3 is 11.9 Å². The van der Waals surface area contributed by atoms with E-state index in [1.54, 1.807) is 13.8 Å². The fourth-order valence-corrected chi connectivity index (χ4v) is 2.60. The van der Waals surface area contributed by atoms with Gasteiger partial charge in [-0.1, -0.05) is 0 Å². The molecule has 0 aliphatic carbocycles. The van der Waals surface area contributed by atoms with Crippen LogP contribution in [0.4, 0.5) is 0 Å². The summed E-state index contributed by atoms with van der Waals surface area (Å²) < 4.78 is 5.62. The number of aryl methyl sites for hydroxylation is 6. The Morgan fingerprint density at radius 1 is 0.741 bits per heavy atom. The zero-order valence-corrected chi connectivity index (χ0v) is 16.5. The first-order chi connectivity index (χ1) is 12.6. The monoisotopic (exact) mass is 372 g/mol. The summed E-state index contributed by atoms with van der Waals surface area (Å²) in [5.74, 6) is -1.70. The summed E-state index contributed by atoms with van der Waals surface area (Å²) >= 11 is 0. The molecular formula is C19H24N4O4. The molecule has 1 N–H and O–H groups in total. The molecule has 0 radical (unpaired) electrons. The quantitative estimate of drug-likeness (QED) is 0.769. The lowest BCUT2D eigenvalue weighted by Crippen LogP contribution is -2.20. The van der Waals surface area contributed by atoms with Gasteiger partial charge in [-0.15, -0.1) is 0 Å². The molecule has 2 aromatic heterocycles. The van der Waals surface area contributed by atoms with Gasteiger partial charge in [0.25, 0.3) is 0 Å². The number of ether oxygens (including phenoxy) is 1. The van der Waals surface area contributed by atoms with Crippen molar-refractivity contribution in [2.45, 2.75) is 60.5 Å². The van der Waals surface area contributed by atoms with Gasteiger partial charge in [0.15, 0.2) is 6.10 Å². The maximum atomic E-state index is 12.2. The van der Waals surface area contributed by atoms with E-state index in [9.17, 15) is 9.59 Å². The third kappa shape index (κ3) is 4.84. The molecule has 0 aliphatic rings. The molecule has 0 saturated heterocycles. The third-order valence-corrected chi connectivity index (χ3v) is 4.32. The largest absolute Gasteiger partial charge is 0.481 e. The van der Waals surface area contributed by atoms with Crippen LogP contribution in [0.25, 0.3) is 0 Å². The van der Waals surface area contributed by atoms with Gasteiger partial charge < -0.3 is 9.84 Å². The number of carbonyl (C=O) groups is 2. The van der Waals surface area contributed by atoms with Crippen LogP contribution in [-0.2, 0) is 14.3 Å². The normalized spacial score (nSPS) is 10.9. The van der Waals surface area contributed by atoms with Gasteiger partial charge in [-0.05, 0) is 41.5 Å². The van der Waals surface area contributed by atoms with Gasteiger partial charge in [-0.2, -0.15) is 0 Å². The Hall–Kier alpha value is -2.90. The van der Waals surface area contributed by atoms with Gasteiger partial charge in [-0.3, -0.25) is 19.6 Å². The number of aromatic nitrogens is 4. The van der Waals surface area contributed by atoms with E-state index >= 15 is 0 Å². The number of nitrogens with zero attached hydrogens (tertiary/aromatic N) is 4. The minimum Gasteiger partial charge on any atom is -0.481 e. The average Bonchev–Trinajstić information content (AvgIpc) is 2.58. The highest BCUT2D eigenvalue weighted by Gasteiger charge is 2.28. The zero-order chi connectivity index (χ0) is 20.3. The van der Waals surface area contributed by atoms with Crippen molar-refractivity contribution >= 4 is 11.9 Å². The lowest BCUT2D eigenvalue weighted by atomic mass is 10.1. The Balaban J connectivity index is 2.53. The molecule has 0 bridgehead atoms. The average molecular weight is 372 g/mol. The highest BCUT2D eigenvalue weighted by atomic mass is 16.5. The molecule has 0 unspecified atom stereocenters. The number of hydrogen-bond donors (Lipinski definition) is 1. The fourth-order valence-electron chi connectivity index (χ4n) is 2.60. The maximum Gasteiger partial charge on any atom is 0.307 e. The predicted octanol–water partition coefficient (Wildman–Crippen LogP) is 2.61. The second kappa shape index (κ2) is 8.20. The van der Waals surface area contributed by atoms with Crippen LogP contribution in [-0.4, -0.2) is 37.0 Å². The van der Waals surface area contributed by atoms with Crippen LogP contribution < -0.4 is 0 Å². The summed E-state index contributed by atoms with van der Waals surface area (Å²) in [6, 6.07) is 0. The lowest BCUT2D eigenvalue weighted by molar-refractivity contribution is -0.151. The van der Waals surface area contributed by atoms with Crippen molar-refractivity contribution in [3.8, 4) is 0 Å². The molecule has 8 nitrogen and oxygen atoms in total. The van der Waals surface area contributed by atoms with E-state index in [0.717, 1.165) is 22.8 Å². The van der Waals surface area contributed by atoms with Crippen molar-refractivity contribution in [1.82, 2.24) is 19.9 Å². The Morgan fingerprint density at radius 2 is 1.15 bits per heavy atom. The van der Waals surface area contributed by atoms with Crippen molar-refractivity contribution in [1.29, 1.82) is 0 Å². The standard InChI is InChI=1S/C19H24N4O4/c1-9-11(3)22-17(13(5)20-9)19(27-16(26)8-7-15(24)25)18-14(6)21-10(2)12(4)23-18/h19H,7-8H2,1-6H3,(H,24,25). The SMILES string of the molecule is Cc1nc(C)c(C(OC(=O)CCC(=O)O)c2nc(C)c(C)nc2C)nc1C. The number of aliphatic carboxylic acids is 1. The molecule has 27 heavy (non-hydrogen) atoms. The number of carboxylic acids is 1. The second-order valence-electron chi connectivity index (χ2n) is 6.49. The van der Waals surface area contributed by atoms with Crippen LogP contribution in [0.1, 0.15) is 64.5 Å². The number of hydrogen-bond acceptors (Lipinski definition) is 7. The van der Waals surface area contributed by atoms with Crippen molar-refractivity contribution in [2.24, 2.45) is 0 Å². The first-order valence-corrected chi connectivity index (χ1v) is 8.64. The summed E-state index contributed by atoms with van der Waals surface area (Å²) in [4.78, 5) is 41.1. The minimum absolute atomic E-state index is 0.236. The van der Waals surface area contributed by atoms with Crippen molar-refractivity contribution in [3.05, 3.63) is 45.6 Å². The van der Waals surface area contributed by atoms with Crippen LogP contribution in [0.15, 0.2) is 0 Å². The second-order valence-corrected chi connectivity index (χ2v) is 6.49. The van der Waals surface area contributed by atoms with E-state index in [-0.39, 0.29) is 12.8 Å². The molecule has 0 atom stereocenters. The minimum atomic E-state index is -1.06. The topological polar surface area (TPSA) is 115 Å². The Bertz CT molecular complexity index is 838. The molecule has 0 aromatic carbocycles. The lowest BCUT2D eigenvalue weighted by Gasteiger charge is -2.21. The Labute approximate surface area is 158 Å². The summed E-state index contributed by atoms with van der Waals surface area (Å²) in [6.45, 7) is 10.9. The van der Waals surface area contributed by atoms with Crippen LogP contribution in [0, 0.1) is 41.5 Å². The van der Waals surface area contributed by atoms with E-state index in [0.29, 0.717) is 22.8 Å². The summed E-state index contributed by atoms with van der Waals surface area (Å²) in [6.07, 6.45) is -1.44. The van der Waals surface area contributed by atoms with Gasteiger partial charge in [0.1, 0.15) is 11.4 Å². The van der Waals surface area contributed by atoms with Crippen LogP contribution in [0.3, 0.4) is 0 Å². The molecule has 0 amide bonds. The van der Waals surface area contributed by atoms with E-state index < -0.39 is 18.0 Å². The third-order valence-electron chi connectivity index (χ3n) is 4.32. The number of esters is 1. The molecule has 8 heteroatoms. The number of carboxylic acid groups (broad SMARTS) is 1. The molecule has 2 aromatic rings. The zero-order valence-electron chi connectivity index (χ0n) is 16.5. The predicted molar refractivity (Wildman–Crippen MR) is 97.3 cm³/mol. The highest BCUT2D eigenvalue weighted by Crippen LogP contribution is 2.28. The molecular weight excluding hydrogens is 348 g/mol. The number of carbonyl (C=O) groups excluding carboxylic acids is 1.